The fourth-order valence-electron chi connectivity index (χ4n) is 3.27. The van der Waals surface area contributed by atoms with Crippen LogP contribution >= 0.6 is 35.7 Å². The Balaban J connectivity index is 1.79. The Kier molecular flexibility index (Phi) is 8.20. The second-order valence-corrected chi connectivity index (χ2v) is 12.3. The van der Waals surface area contributed by atoms with Crippen LogP contribution in [-0.2, 0) is 31.6 Å². The maximum Gasteiger partial charge on any atom is 0.490 e. The number of fused-ring (bicyclic) bond motifs is 1. The first-order chi connectivity index (χ1) is 15.9. The van der Waals surface area contributed by atoms with E-state index in [-0.39, 0.29) is 21.4 Å². The number of pyridine rings is 2. The number of halogens is 1. The van der Waals surface area contributed by atoms with Gasteiger partial charge in [0.25, 0.3) is 0 Å². The highest BCUT2D eigenvalue weighted by molar-refractivity contribution is 7.71. The van der Waals surface area contributed by atoms with E-state index in [1.165, 1.54) is 13.0 Å². The van der Waals surface area contributed by atoms with Crippen molar-refractivity contribution in [2.75, 3.05) is 6.61 Å². The first-order valence-electron chi connectivity index (χ1n) is 9.40. The molecule has 196 valence electrons. The highest BCUT2D eigenvalue weighted by Crippen LogP contribution is 2.66. The molecule has 3 unspecified atom stereocenters. The first-order valence-corrected chi connectivity index (χ1v) is 14.3. The van der Waals surface area contributed by atoms with Crippen LogP contribution in [0, 0.1) is 24.4 Å². The standard InChI is InChI=1S/C15H20FN2O13P3S/c1-5-6(2)13(16)17-14-7(5)3-8(15(35)18-14)12-11(20)10(19)9(29-12)4-28-33(24,25)31-34(26,27)30-32(21,22)23/h3,9-12,19-20H,4H2,1-2H3,(H,24,25)(H,26,27)(H,17,18,35)(H2,21,22,23)/t9-,10+,11?,12+/m1/s1. The van der Waals surface area contributed by atoms with Gasteiger partial charge in [0.1, 0.15) is 34.7 Å². The van der Waals surface area contributed by atoms with Crippen LogP contribution in [0.15, 0.2) is 6.07 Å². The molecule has 0 aromatic carbocycles. The molecule has 3 rings (SSSR count). The number of aromatic amines is 1. The summed E-state index contributed by atoms with van der Waals surface area (Å²) in [4.78, 5) is 42.3. The number of aromatic nitrogens is 2. The number of phosphoric acid groups is 3. The summed E-state index contributed by atoms with van der Waals surface area (Å²) in [6.45, 7) is 2.17. The smallest absolute Gasteiger partial charge is 0.387 e. The third-order valence-corrected chi connectivity index (χ3v) is 9.16. The van der Waals surface area contributed by atoms with E-state index in [1.54, 1.807) is 6.92 Å². The van der Waals surface area contributed by atoms with E-state index in [0.717, 1.165) is 0 Å². The van der Waals surface area contributed by atoms with Gasteiger partial charge in [0.15, 0.2) is 0 Å². The van der Waals surface area contributed by atoms with E-state index in [1.807, 2.05) is 0 Å². The fraction of sp³-hybridized carbons (Fsp3) is 0.467. The van der Waals surface area contributed by atoms with E-state index in [9.17, 15) is 38.1 Å². The van der Waals surface area contributed by atoms with Gasteiger partial charge in [-0.1, -0.05) is 12.2 Å². The molecule has 1 saturated heterocycles. The van der Waals surface area contributed by atoms with Gasteiger partial charge in [-0.15, -0.1) is 0 Å². The van der Waals surface area contributed by atoms with Gasteiger partial charge in [-0.2, -0.15) is 13.0 Å². The molecule has 2 aromatic heterocycles. The SMILES string of the molecule is Cc1c(F)nc2[nH]c(=S)c([C@@H]3O[C@H](COP(=O)(O)OP(=O)(O)OP(=O)(O)O)[C@H](O)C3O)cc2c1C. The van der Waals surface area contributed by atoms with E-state index in [0.29, 0.717) is 10.9 Å². The summed E-state index contributed by atoms with van der Waals surface area (Å²) in [6.07, 6.45) is -6.09. The number of rotatable bonds is 8. The Labute approximate surface area is 200 Å². The van der Waals surface area contributed by atoms with Crippen LogP contribution in [0.1, 0.15) is 22.8 Å². The second kappa shape index (κ2) is 10.0. The molecule has 1 aliphatic heterocycles. The van der Waals surface area contributed by atoms with Crippen LogP contribution in [-0.4, -0.2) is 64.7 Å². The maximum atomic E-state index is 14.0. The lowest BCUT2D eigenvalue weighted by Crippen LogP contribution is -2.33. The topological polar surface area (TPSA) is 238 Å². The molecule has 0 spiro atoms. The van der Waals surface area contributed by atoms with Crippen molar-refractivity contribution in [3.8, 4) is 0 Å². The molecule has 0 saturated carbocycles. The number of hydrogen-bond donors (Lipinski definition) is 7. The molecule has 0 aliphatic carbocycles. The number of aryl methyl sites for hydroxylation is 1. The number of nitrogens with zero attached hydrogens (tertiary/aromatic N) is 1. The van der Waals surface area contributed by atoms with Crippen molar-refractivity contribution in [2.24, 2.45) is 0 Å². The van der Waals surface area contributed by atoms with E-state index in [4.69, 9.17) is 26.7 Å². The van der Waals surface area contributed by atoms with Crippen molar-refractivity contribution in [2.45, 2.75) is 38.3 Å². The fourth-order valence-corrected chi connectivity index (χ4v) is 6.58. The van der Waals surface area contributed by atoms with Gasteiger partial charge >= 0.3 is 23.5 Å². The van der Waals surface area contributed by atoms with Gasteiger partial charge in [-0.3, -0.25) is 4.52 Å². The van der Waals surface area contributed by atoms with Crippen LogP contribution in [0.4, 0.5) is 4.39 Å². The first kappa shape index (κ1) is 28.6. The molecule has 20 heteroatoms. The van der Waals surface area contributed by atoms with E-state index >= 15 is 0 Å². The van der Waals surface area contributed by atoms with Crippen LogP contribution in [0.5, 0.6) is 0 Å². The molecule has 0 amide bonds. The van der Waals surface area contributed by atoms with Gasteiger partial charge in [-0.25, -0.2) is 18.7 Å². The highest BCUT2D eigenvalue weighted by Gasteiger charge is 2.46. The van der Waals surface area contributed by atoms with Crippen LogP contribution in [0.25, 0.3) is 11.0 Å². The zero-order valence-corrected chi connectivity index (χ0v) is 21.2. The number of H-pyrrole nitrogens is 1. The lowest BCUT2D eigenvalue weighted by atomic mass is 10.0. The number of aliphatic hydroxyl groups excluding tert-OH is 2. The molecule has 2 aromatic rings. The van der Waals surface area contributed by atoms with E-state index in [2.05, 4.69) is 23.1 Å². The summed E-state index contributed by atoms with van der Waals surface area (Å²) in [5, 5.41) is 21.2. The predicted octanol–water partition coefficient (Wildman–Crippen LogP) is 1.55. The Morgan fingerprint density at radius 1 is 1.09 bits per heavy atom. The number of aliphatic hydroxyl groups is 2. The minimum absolute atomic E-state index is 0.00237. The summed E-state index contributed by atoms with van der Waals surface area (Å²) in [6, 6.07) is 1.48. The van der Waals surface area contributed by atoms with Crippen molar-refractivity contribution >= 4 is 46.7 Å². The zero-order chi connectivity index (χ0) is 26.5. The van der Waals surface area contributed by atoms with Crippen molar-refractivity contribution in [3.05, 3.63) is 33.3 Å². The molecule has 1 aliphatic rings. The van der Waals surface area contributed by atoms with Crippen LogP contribution in [0.2, 0.25) is 0 Å². The lowest BCUT2D eigenvalue weighted by molar-refractivity contribution is -0.0224. The van der Waals surface area contributed by atoms with Crippen LogP contribution < -0.4 is 0 Å². The monoisotopic (exact) mass is 580 g/mol. The Morgan fingerprint density at radius 3 is 2.31 bits per heavy atom. The molecule has 0 radical (unpaired) electrons. The van der Waals surface area contributed by atoms with Crippen molar-refractivity contribution in [1.29, 1.82) is 0 Å². The lowest BCUT2D eigenvalue weighted by Gasteiger charge is -2.19. The molecular weight excluding hydrogens is 560 g/mol. The zero-order valence-electron chi connectivity index (χ0n) is 17.7. The second-order valence-electron chi connectivity index (χ2n) is 7.43. The Hall–Kier alpha value is -1.00. The third-order valence-electron chi connectivity index (χ3n) is 5.02. The van der Waals surface area contributed by atoms with Crippen molar-refractivity contribution < 1.29 is 65.8 Å². The Morgan fingerprint density at radius 2 is 1.71 bits per heavy atom. The van der Waals surface area contributed by atoms with Gasteiger partial charge < -0.3 is 39.5 Å². The molecule has 15 nitrogen and oxygen atoms in total. The number of hydrogen-bond acceptors (Lipinski definition) is 11. The summed E-state index contributed by atoms with van der Waals surface area (Å²) in [5.41, 5.74) is 1.11. The number of nitrogens with one attached hydrogen (secondary N) is 1. The van der Waals surface area contributed by atoms with Crippen LogP contribution in [0.3, 0.4) is 0 Å². The molecule has 1 fully saturated rings. The van der Waals surface area contributed by atoms with Gasteiger partial charge in [-0.05, 0) is 25.5 Å². The van der Waals surface area contributed by atoms with Gasteiger partial charge in [0, 0.05) is 16.5 Å². The molecule has 35 heavy (non-hydrogen) atoms. The van der Waals surface area contributed by atoms with Gasteiger partial charge in [0.2, 0.25) is 5.95 Å². The summed E-state index contributed by atoms with van der Waals surface area (Å²) >= 11 is 5.23. The average Bonchev–Trinajstić information content (AvgIpc) is 2.96. The summed E-state index contributed by atoms with van der Waals surface area (Å²) in [5.74, 6) is -0.701. The summed E-state index contributed by atoms with van der Waals surface area (Å²) in [7, 11) is -16.8. The predicted molar refractivity (Wildman–Crippen MR) is 116 cm³/mol. The third kappa shape index (κ3) is 6.66. The molecule has 3 heterocycles. The quantitative estimate of drug-likeness (QED) is 0.133. The minimum Gasteiger partial charge on any atom is -0.387 e. The number of ether oxygens (including phenoxy) is 1. The largest absolute Gasteiger partial charge is 0.490 e. The molecular formula is C15H20FN2O13P3S. The van der Waals surface area contributed by atoms with Crippen molar-refractivity contribution in [3.63, 3.8) is 0 Å². The summed E-state index contributed by atoms with van der Waals surface area (Å²) < 4.78 is 65.1. The Bertz CT molecular complexity index is 1350. The van der Waals surface area contributed by atoms with Crippen molar-refractivity contribution in [1.82, 2.24) is 9.97 Å². The minimum atomic E-state index is -5.73. The van der Waals surface area contributed by atoms with E-state index < -0.39 is 60.4 Å². The van der Waals surface area contributed by atoms with Gasteiger partial charge in [0.05, 0.1) is 6.61 Å². The highest BCUT2D eigenvalue weighted by atomic mass is 32.1. The normalized spacial score (nSPS) is 26.5. The maximum absolute atomic E-state index is 14.0. The molecule has 6 atom stereocenters. The molecule has 7 N–H and O–H groups in total. The molecule has 0 bridgehead atoms. The average molecular weight is 580 g/mol. The number of phosphoric ester groups is 1.